The number of rotatable bonds is 4. The van der Waals surface area contributed by atoms with Crippen molar-refractivity contribution >= 4 is 10.0 Å². The van der Waals surface area contributed by atoms with Crippen molar-refractivity contribution in [2.75, 3.05) is 19.6 Å². The number of sulfonamides is 1. The van der Waals surface area contributed by atoms with E-state index in [0.717, 1.165) is 12.0 Å². The fraction of sp³-hybridized carbons (Fsp3) is 0.500. The molecule has 2 N–H and O–H groups in total. The number of hydrogen-bond donors (Lipinski definition) is 1. The van der Waals surface area contributed by atoms with E-state index < -0.39 is 10.0 Å². The summed E-state index contributed by atoms with van der Waals surface area (Å²) in [6.07, 6.45) is 0.879. The smallest absolute Gasteiger partial charge is 0.218 e. The van der Waals surface area contributed by atoms with Crippen LogP contribution in [0.4, 0.5) is 0 Å². The SMILES string of the molecule is NCC1CCN(S(=O)(=O)Cc2ccccc2)C1. The molecular formula is C12H18N2O2S. The summed E-state index contributed by atoms with van der Waals surface area (Å²) < 4.78 is 25.9. The molecule has 5 heteroatoms. The first-order valence-corrected chi connectivity index (χ1v) is 7.44. The highest BCUT2D eigenvalue weighted by molar-refractivity contribution is 7.88. The van der Waals surface area contributed by atoms with Crippen LogP contribution in [0.3, 0.4) is 0 Å². The van der Waals surface area contributed by atoms with Crippen LogP contribution in [0.15, 0.2) is 30.3 Å². The van der Waals surface area contributed by atoms with Crippen LogP contribution < -0.4 is 5.73 Å². The molecule has 17 heavy (non-hydrogen) atoms. The molecule has 2 rings (SSSR count). The van der Waals surface area contributed by atoms with Crippen LogP contribution in [0.25, 0.3) is 0 Å². The molecule has 1 fully saturated rings. The molecule has 0 bridgehead atoms. The molecule has 0 amide bonds. The number of nitrogens with two attached hydrogens (primary N) is 1. The second-order valence-corrected chi connectivity index (χ2v) is 6.46. The van der Waals surface area contributed by atoms with Gasteiger partial charge in [0, 0.05) is 13.1 Å². The summed E-state index contributed by atoms with van der Waals surface area (Å²) >= 11 is 0. The lowest BCUT2D eigenvalue weighted by molar-refractivity contribution is 0.458. The topological polar surface area (TPSA) is 63.4 Å². The molecule has 1 atom stereocenters. The van der Waals surface area contributed by atoms with Gasteiger partial charge in [-0.2, -0.15) is 0 Å². The van der Waals surface area contributed by atoms with E-state index in [1.165, 1.54) is 0 Å². The van der Waals surface area contributed by atoms with Gasteiger partial charge in [-0.15, -0.1) is 0 Å². The molecule has 0 aliphatic carbocycles. The predicted molar refractivity (Wildman–Crippen MR) is 67.8 cm³/mol. The van der Waals surface area contributed by atoms with Gasteiger partial charge in [-0.1, -0.05) is 30.3 Å². The van der Waals surface area contributed by atoms with E-state index in [4.69, 9.17) is 5.73 Å². The molecule has 0 radical (unpaired) electrons. The number of benzene rings is 1. The van der Waals surface area contributed by atoms with E-state index >= 15 is 0 Å². The van der Waals surface area contributed by atoms with E-state index in [0.29, 0.717) is 25.6 Å². The monoisotopic (exact) mass is 254 g/mol. The highest BCUT2D eigenvalue weighted by atomic mass is 32.2. The van der Waals surface area contributed by atoms with Crippen LogP contribution in [0.5, 0.6) is 0 Å². The molecule has 0 saturated carbocycles. The molecule has 1 aromatic rings. The quantitative estimate of drug-likeness (QED) is 0.864. The van der Waals surface area contributed by atoms with Gasteiger partial charge >= 0.3 is 0 Å². The van der Waals surface area contributed by atoms with Crippen molar-refractivity contribution in [1.82, 2.24) is 4.31 Å². The van der Waals surface area contributed by atoms with Gasteiger partial charge in [0.15, 0.2) is 0 Å². The van der Waals surface area contributed by atoms with E-state index in [2.05, 4.69) is 0 Å². The average Bonchev–Trinajstić information content (AvgIpc) is 2.79. The van der Waals surface area contributed by atoms with E-state index in [9.17, 15) is 8.42 Å². The second kappa shape index (κ2) is 5.16. The number of nitrogens with zero attached hydrogens (tertiary/aromatic N) is 1. The molecule has 94 valence electrons. The molecule has 1 heterocycles. The van der Waals surface area contributed by atoms with Crippen LogP contribution >= 0.6 is 0 Å². The Bertz CT molecular complexity index is 459. The van der Waals surface area contributed by atoms with Crippen molar-refractivity contribution in [1.29, 1.82) is 0 Å². The van der Waals surface area contributed by atoms with Crippen molar-refractivity contribution in [2.45, 2.75) is 12.2 Å². The summed E-state index contributed by atoms with van der Waals surface area (Å²) in [7, 11) is -3.18. The average molecular weight is 254 g/mol. The molecule has 1 aliphatic rings. The van der Waals surface area contributed by atoms with Crippen molar-refractivity contribution in [3.63, 3.8) is 0 Å². The third kappa shape index (κ3) is 3.06. The van der Waals surface area contributed by atoms with Gasteiger partial charge in [-0.3, -0.25) is 0 Å². The van der Waals surface area contributed by atoms with Gasteiger partial charge in [0.25, 0.3) is 0 Å². The summed E-state index contributed by atoms with van der Waals surface area (Å²) in [6, 6.07) is 9.29. The Morgan fingerprint density at radius 1 is 1.29 bits per heavy atom. The molecule has 0 spiro atoms. The van der Waals surface area contributed by atoms with E-state index in [1.54, 1.807) is 4.31 Å². The zero-order chi connectivity index (χ0) is 12.3. The van der Waals surface area contributed by atoms with Gasteiger partial charge in [-0.05, 0) is 24.4 Å². The Balaban J connectivity index is 2.05. The molecule has 1 aliphatic heterocycles. The van der Waals surface area contributed by atoms with Gasteiger partial charge in [0.2, 0.25) is 10.0 Å². The van der Waals surface area contributed by atoms with Crippen molar-refractivity contribution in [3.05, 3.63) is 35.9 Å². The van der Waals surface area contributed by atoms with Gasteiger partial charge in [0.1, 0.15) is 0 Å². The first-order valence-electron chi connectivity index (χ1n) is 5.83. The Morgan fingerprint density at radius 3 is 2.59 bits per heavy atom. The maximum Gasteiger partial charge on any atom is 0.218 e. The molecule has 4 nitrogen and oxygen atoms in total. The maximum atomic E-state index is 12.1. The van der Waals surface area contributed by atoms with Crippen LogP contribution in [-0.4, -0.2) is 32.4 Å². The lowest BCUT2D eigenvalue weighted by Crippen LogP contribution is -2.31. The fourth-order valence-electron chi connectivity index (χ4n) is 2.12. The third-order valence-corrected chi connectivity index (χ3v) is 4.98. The molecule has 1 saturated heterocycles. The van der Waals surface area contributed by atoms with Gasteiger partial charge < -0.3 is 5.73 Å². The predicted octanol–water partition coefficient (Wildman–Crippen LogP) is 0.797. The van der Waals surface area contributed by atoms with E-state index in [1.807, 2.05) is 30.3 Å². The lowest BCUT2D eigenvalue weighted by Gasteiger charge is -2.16. The minimum absolute atomic E-state index is 0.0884. The van der Waals surface area contributed by atoms with Gasteiger partial charge in [0.05, 0.1) is 5.75 Å². The first kappa shape index (κ1) is 12.5. The summed E-state index contributed by atoms with van der Waals surface area (Å²) in [5, 5.41) is 0. The first-order chi connectivity index (χ1) is 8.12. The minimum atomic E-state index is -3.18. The zero-order valence-corrected chi connectivity index (χ0v) is 10.6. The maximum absolute atomic E-state index is 12.1. The van der Waals surface area contributed by atoms with Crippen LogP contribution in [0.2, 0.25) is 0 Å². The Labute approximate surface area is 102 Å². The van der Waals surface area contributed by atoms with Crippen LogP contribution in [-0.2, 0) is 15.8 Å². The summed E-state index contributed by atoms with van der Waals surface area (Å²) in [4.78, 5) is 0. The van der Waals surface area contributed by atoms with Crippen molar-refractivity contribution in [3.8, 4) is 0 Å². The molecular weight excluding hydrogens is 236 g/mol. The Hall–Kier alpha value is -0.910. The van der Waals surface area contributed by atoms with Crippen molar-refractivity contribution in [2.24, 2.45) is 11.7 Å². The Morgan fingerprint density at radius 2 is 2.00 bits per heavy atom. The molecule has 0 aromatic heterocycles. The number of hydrogen-bond acceptors (Lipinski definition) is 3. The highest BCUT2D eigenvalue weighted by Crippen LogP contribution is 2.20. The zero-order valence-electron chi connectivity index (χ0n) is 9.75. The summed E-state index contributed by atoms with van der Waals surface area (Å²) in [5.41, 5.74) is 6.41. The standard InChI is InChI=1S/C12H18N2O2S/c13-8-12-6-7-14(9-12)17(15,16)10-11-4-2-1-3-5-11/h1-5,12H,6-10,13H2. The molecule has 1 unspecified atom stereocenters. The minimum Gasteiger partial charge on any atom is -0.330 e. The lowest BCUT2D eigenvalue weighted by atomic mass is 10.1. The summed E-state index contributed by atoms with van der Waals surface area (Å²) in [5.74, 6) is 0.408. The van der Waals surface area contributed by atoms with Crippen molar-refractivity contribution < 1.29 is 8.42 Å². The largest absolute Gasteiger partial charge is 0.330 e. The fourth-order valence-corrected chi connectivity index (χ4v) is 3.74. The second-order valence-electron chi connectivity index (χ2n) is 4.49. The molecule has 1 aromatic carbocycles. The Kier molecular flexibility index (Phi) is 3.81. The van der Waals surface area contributed by atoms with Crippen LogP contribution in [0.1, 0.15) is 12.0 Å². The normalized spacial score (nSPS) is 21.8. The van der Waals surface area contributed by atoms with E-state index in [-0.39, 0.29) is 5.75 Å². The third-order valence-electron chi connectivity index (χ3n) is 3.17. The van der Waals surface area contributed by atoms with Gasteiger partial charge in [-0.25, -0.2) is 12.7 Å². The van der Waals surface area contributed by atoms with Crippen LogP contribution in [0, 0.1) is 5.92 Å². The highest BCUT2D eigenvalue weighted by Gasteiger charge is 2.30. The summed E-state index contributed by atoms with van der Waals surface area (Å²) in [6.45, 7) is 1.75.